The molecule has 0 aliphatic heterocycles. The standard InChI is InChI=1S/C7H5F4N/c1-12-7-4(9)2-3(8)5(10)6(7)11/h2,12H,1H3. The van der Waals surface area contributed by atoms with Gasteiger partial charge in [0.15, 0.2) is 23.3 Å². The van der Waals surface area contributed by atoms with Gasteiger partial charge in [0.05, 0.1) is 0 Å². The third-order valence-corrected chi connectivity index (χ3v) is 1.36. The van der Waals surface area contributed by atoms with Crippen molar-refractivity contribution >= 4 is 5.69 Å². The average molecular weight is 179 g/mol. The summed E-state index contributed by atoms with van der Waals surface area (Å²) < 4.78 is 49.9. The molecule has 0 atom stereocenters. The number of hydrogen-bond acceptors (Lipinski definition) is 1. The summed E-state index contributed by atoms with van der Waals surface area (Å²) in [4.78, 5) is 0. The van der Waals surface area contributed by atoms with Crippen molar-refractivity contribution < 1.29 is 17.6 Å². The van der Waals surface area contributed by atoms with Gasteiger partial charge >= 0.3 is 0 Å². The smallest absolute Gasteiger partial charge is 0.196 e. The van der Waals surface area contributed by atoms with Crippen LogP contribution in [0.25, 0.3) is 0 Å². The molecule has 0 unspecified atom stereocenters. The lowest BCUT2D eigenvalue weighted by molar-refractivity contribution is 0.437. The minimum atomic E-state index is -1.68. The van der Waals surface area contributed by atoms with Crippen LogP contribution < -0.4 is 5.32 Å². The van der Waals surface area contributed by atoms with Crippen molar-refractivity contribution in [1.29, 1.82) is 0 Å². The molecule has 0 spiro atoms. The van der Waals surface area contributed by atoms with Gasteiger partial charge in [-0.2, -0.15) is 0 Å². The first-order valence-electron chi connectivity index (χ1n) is 3.08. The van der Waals surface area contributed by atoms with E-state index in [9.17, 15) is 17.6 Å². The van der Waals surface area contributed by atoms with E-state index >= 15 is 0 Å². The lowest BCUT2D eigenvalue weighted by Gasteiger charge is -2.04. The number of hydrogen-bond donors (Lipinski definition) is 1. The van der Waals surface area contributed by atoms with E-state index in [0.717, 1.165) is 0 Å². The monoisotopic (exact) mass is 179 g/mol. The van der Waals surface area contributed by atoms with E-state index in [1.165, 1.54) is 7.05 Å². The Kier molecular flexibility index (Phi) is 2.21. The fourth-order valence-electron chi connectivity index (χ4n) is 0.795. The van der Waals surface area contributed by atoms with Crippen LogP contribution in [0.4, 0.5) is 23.2 Å². The molecule has 1 nitrogen and oxygen atoms in total. The first-order valence-corrected chi connectivity index (χ1v) is 3.08. The van der Waals surface area contributed by atoms with Gasteiger partial charge in [-0.1, -0.05) is 0 Å². The fourth-order valence-corrected chi connectivity index (χ4v) is 0.795. The van der Waals surface area contributed by atoms with Crippen LogP contribution in [0.1, 0.15) is 0 Å². The van der Waals surface area contributed by atoms with E-state index in [1.54, 1.807) is 0 Å². The van der Waals surface area contributed by atoms with Gasteiger partial charge in [0, 0.05) is 13.1 Å². The van der Waals surface area contributed by atoms with Gasteiger partial charge in [-0.05, 0) is 0 Å². The molecule has 1 N–H and O–H groups in total. The van der Waals surface area contributed by atoms with Crippen LogP contribution >= 0.6 is 0 Å². The number of benzene rings is 1. The Morgan fingerprint density at radius 1 is 1.00 bits per heavy atom. The molecule has 5 heteroatoms. The molecule has 0 fully saturated rings. The Morgan fingerprint density at radius 2 is 1.58 bits per heavy atom. The number of rotatable bonds is 1. The molecule has 1 aromatic carbocycles. The minimum absolute atomic E-state index is 0.282. The molecule has 0 radical (unpaired) electrons. The van der Waals surface area contributed by atoms with Crippen molar-refractivity contribution in [3.63, 3.8) is 0 Å². The Morgan fingerprint density at radius 3 is 2.08 bits per heavy atom. The van der Waals surface area contributed by atoms with Crippen LogP contribution in [0.3, 0.4) is 0 Å². The molecule has 12 heavy (non-hydrogen) atoms. The van der Waals surface area contributed by atoms with Gasteiger partial charge in [-0.25, -0.2) is 17.6 Å². The van der Waals surface area contributed by atoms with Crippen LogP contribution in [-0.4, -0.2) is 7.05 Å². The van der Waals surface area contributed by atoms with Crippen LogP contribution in [-0.2, 0) is 0 Å². The van der Waals surface area contributed by atoms with Crippen LogP contribution in [0.5, 0.6) is 0 Å². The maximum atomic E-state index is 12.6. The zero-order valence-corrected chi connectivity index (χ0v) is 6.09. The predicted octanol–water partition coefficient (Wildman–Crippen LogP) is 2.28. The van der Waals surface area contributed by atoms with Gasteiger partial charge in [0.1, 0.15) is 5.69 Å². The molecule has 1 aromatic rings. The summed E-state index contributed by atoms with van der Waals surface area (Å²) in [7, 11) is 1.21. The Labute approximate surface area is 66.0 Å². The first kappa shape index (κ1) is 8.83. The summed E-state index contributed by atoms with van der Waals surface area (Å²) >= 11 is 0. The molecule has 0 aliphatic carbocycles. The molecule has 1 rings (SSSR count). The summed E-state index contributed by atoms with van der Waals surface area (Å²) in [6.45, 7) is 0. The van der Waals surface area contributed by atoms with Crippen molar-refractivity contribution in [3.8, 4) is 0 Å². The van der Waals surface area contributed by atoms with E-state index in [2.05, 4.69) is 5.32 Å². The highest BCUT2D eigenvalue weighted by atomic mass is 19.2. The van der Waals surface area contributed by atoms with Gasteiger partial charge in [-0.15, -0.1) is 0 Å². The quantitative estimate of drug-likeness (QED) is 0.396. The summed E-state index contributed by atoms with van der Waals surface area (Å²) in [5.41, 5.74) is -0.672. The topological polar surface area (TPSA) is 12.0 Å². The Hall–Kier alpha value is -1.26. The molecular formula is C7H5F4N. The maximum Gasteiger partial charge on any atom is 0.196 e. The number of anilines is 1. The Bertz CT molecular complexity index is 311. The van der Waals surface area contributed by atoms with Gasteiger partial charge in [0.25, 0.3) is 0 Å². The van der Waals surface area contributed by atoms with Gasteiger partial charge < -0.3 is 5.32 Å². The van der Waals surface area contributed by atoms with E-state index in [0.29, 0.717) is 0 Å². The molecule has 0 amide bonds. The van der Waals surface area contributed by atoms with Crippen molar-refractivity contribution in [2.45, 2.75) is 0 Å². The third kappa shape index (κ3) is 1.22. The maximum absolute atomic E-state index is 12.6. The first-order chi connectivity index (χ1) is 5.57. The van der Waals surface area contributed by atoms with E-state index < -0.39 is 29.0 Å². The highest BCUT2D eigenvalue weighted by molar-refractivity contribution is 5.46. The van der Waals surface area contributed by atoms with E-state index in [4.69, 9.17) is 0 Å². The van der Waals surface area contributed by atoms with Crippen LogP contribution in [0.2, 0.25) is 0 Å². The Balaban J connectivity index is 3.40. The molecule has 0 aromatic heterocycles. The molecule has 66 valence electrons. The summed E-state index contributed by atoms with van der Waals surface area (Å²) in [5.74, 6) is -5.92. The average Bonchev–Trinajstić information content (AvgIpc) is 2.01. The highest BCUT2D eigenvalue weighted by Gasteiger charge is 2.17. The number of halogens is 4. The SMILES string of the molecule is CNc1c(F)cc(F)c(F)c1F. The third-order valence-electron chi connectivity index (χ3n) is 1.36. The normalized spacial score (nSPS) is 10.1. The van der Waals surface area contributed by atoms with E-state index in [1.807, 2.05) is 0 Å². The zero-order chi connectivity index (χ0) is 9.30. The minimum Gasteiger partial charge on any atom is -0.383 e. The molecule has 0 saturated heterocycles. The molecule has 0 bridgehead atoms. The molecule has 0 saturated carbocycles. The summed E-state index contributed by atoms with van der Waals surface area (Å²) in [5, 5.41) is 2.07. The summed E-state index contributed by atoms with van der Waals surface area (Å²) in [6.07, 6.45) is 0. The van der Waals surface area contributed by atoms with Crippen LogP contribution in [0, 0.1) is 23.3 Å². The molecule has 0 heterocycles. The second-order valence-electron chi connectivity index (χ2n) is 2.09. The number of nitrogens with one attached hydrogen (secondary N) is 1. The molecule has 0 aliphatic rings. The largest absolute Gasteiger partial charge is 0.383 e. The second kappa shape index (κ2) is 3.00. The van der Waals surface area contributed by atoms with Crippen molar-refractivity contribution in [2.24, 2.45) is 0 Å². The lowest BCUT2D eigenvalue weighted by atomic mass is 10.2. The van der Waals surface area contributed by atoms with Crippen molar-refractivity contribution in [2.75, 3.05) is 12.4 Å². The van der Waals surface area contributed by atoms with Crippen molar-refractivity contribution in [3.05, 3.63) is 29.3 Å². The second-order valence-corrected chi connectivity index (χ2v) is 2.09. The van der Waals surface area contributed by atoms with Gasteiger partial charge in [0.2, 0.25) is 0 Å². The van der Waals surface area contributed by atoms with Gasteiger partial charge in [-0.3, -0.25) is 0 Å². The summed E-state index contributed by atoms with van der Waals surface area (Å²) in [6, 6.07) is 0.282. The van der Waals surface area contributed by atoms with E-state index in [-0.39, 0.29) is 6.07 Å². The fraction of sp³-hybridized carbons (Fsp3) is 0.143. The highest BCUT2D eigenvalue weighted by Crippen LogP contribution is 2.22. The predicted molar refractivity (Wildman–Crippen MR) is 35.8 cm³/mol. The lowest BCUT2D eigenvalue weighted by Crippen LogP contribution is -2.01. The zero-order valence-electron chi connectivity index (χ0n) is 6.09. The van der Waals surface area contributed by atoms with Crippen LogP contribution in [0.15, 0.2) is 6.07 Å². The van der Waals surface area contributed by atoms with Crippen molar-refractivity contribution in [1.82, 2.24) is 0 Å². The molecular weight excluding hydrogens is 174 g/mol.